The molecule has 0 saturated heterocycles. The molecule has 1 atom stereocenters. The molecule has 26 heavy (non-hydrogen) atoms. The van der Waals surface area contributed by atoms with Crippen molar-refractivity contribution in [3.8, 4) is 5.75 Å². The van der Waals surface area contributed by atoms with Crippen molar-refractivity contribution in [3.63, 3.8) is 0 Å². The lowest BCUT2D eigenvalue weighted by molar-refractivity contribution is -0.126. The SMILES string of the molecule is CC(C)c1ccc(C(=O)NCCC2Oc3ccccc3N(C)C2=O)cc1. The molecule has 2 aromatic carbocycles. The molecular weight excluding hydrogens is 328 g/mol. The van der Waals surface area contributed by atoms with Gasteiger partial charge < -0.3 is 15.0 Å². The number of nitrogens with zero attached hydrogens (tertiary/aromatic N) is 1. The minimum absolute atomic E-state index is 0.0979. The Morgan fingerprint density at radius 3 is 2.54 bits per heavy atom. The fraction of sp³-hybridized carbons (Fsp3) is 0.333. The molecule has 0 radical (unpaired) electrons. The van der Waals surface area contributed by atoms with E-state index in [-0.39, 0.29) is 11.8 Å². The lowest BCUT2D eigenvalue weighted by Gasteiger charge is -2.31. The largest absolute Gasteiger partial charge is 0.478 e. The summed E-state index contributed by atoms with van der Waals surface area (Å²) in [5.41, 5.74) is 2.58. The fourth-order valence-electron chi connectivity index (χ4n) is 2.99. The van der Waals surface area contributed by atoms with E-state index >= 15 is 0 Å². The lowest BCUT2D eigenvalue weighted by atomic mass is 10.0. The van der Waals surface area contributed by atoms with Gasteiger partial charge in [-0.15, -0.1) is 0 Å². The number of rotatable bonds is 5. The van der Waals surface area contributed by atoms with Crippen molar-refractivity contribution in [3.05, 3.63) is 59.7 Å². The number of para-hydroxylation sites is 2. The molecule has 0 fully saturated rings. The van der Waals surface area contributed by atoms with Crippen molar-refractivity contribution in [1.82, 2.24) is 5.32 Å². The van der Waals surface area contributed by atoms with Gasteiger partial charge in [-0.3, -0.25) is 9.59 Å². The number of likely N-dealkylation sites (N-methyl/N-ethyl adjacent to an activating group) is 1. The van der Waals surface area contributed by atoms with Crippen molar-refractivity contribution in [1.29, 1.82) is 0 Å². The van der Waals surface area contributed by atoms with Gasteiger partial charge in [0.2, 0.25) is 0 Å². The summed E-state index contributed by atoms with van der Waals surface area (Å²) in [6.45, 7) is 4.61. The van der Waals surface area contributed by atoms with Gasteiger partial charge in [0.15, 0.2) is 6.10 Å². The molecule has 1 aliphatic rings. The van der Waals surface area contributed by atoms with Crippen LogP contribution in [0.4, 0.5) is 5.69 Å². The normalized spacial score (nSPS) is 16.2. The summed E-state index contributed by atoms with van der Waals surface area (Å²) in [5.74, 6) is 0.883. The fourth-order valence-corrected chi connectivity index (χ4v) is 2.99. The highest BCUT2D eigenvalue weighted by Gasteiger charge is 2.31. The number of carbonyl (C=O) groups excluding carboxylic acids is 2. The number of carbonyl (C=O) groups is 2. The molecule has 136 valence electrons. The van der Waals surface area contributed by atoms with Gasteiger partial charge in [0.1, 0.15) is 5.75 Å². The highest BCUT2D eigenvalue weighted by atomic mass is 16.5. The Morgan fingerprint density at radius 1 is 1.15 bits per heavy atom. The molecule has 5 heteroatoms. The zero-order valence-electron chi connectivity index (χ0n) is 15.4. The van der Waals surface area contributed by atoms with Crippen molar-refractivity contribution in [2.75, 3.05) is 18.5 Å². The van der Waals surface area contributed by atoms with Crippen molar-refractivity contribution < 1.29 is 14.3 Å². The number of ether oxygens (including phenoxy) is 1. The van der Waals surface area contributed by atoms with Gasteiger partial charge in [0, 0.05) is 25.6 Å². The van der Waals surface area contributed by atoms with Crippen LogP contribution in [0, 0.1) is 0 Å². The van der Waals surface area contributed by atoms with Crippen molar-refractivity contribution >= 4 is 17.5 Å². The summed E-state index contributed by atoms with van der Waals surface area (Å²) in [4.78, 5) is 26.3. The third-order valence-corrected chi connectivity index (χ3v) is 4.63. The molecule has 1 heterocycles. The zero-order valence-corrected chi connectivity index (χ0v) is 15.4. The first kappa shape index (κ1) is 18.0. The van der Waals surface area contributed by atoms with Crippen molar-refractivity contribution in [2.45, 2.75) is 32.3 Å². The monoisotopic (exact) mass is 352 g/mol. The van der Waals surface area contributed by atoms with E-state index in [9.17, 15) is 9.59 Å². The van der Waals surface area contributed by atoms with E-state index in [0.717, 1.165) is 5.69 Å². The zero-order chi connectivity index (χ0) is 18.7. The van der Waals surface area contributed by atoms with Gasteiger partial charge >= 0.3 is 0 Å². The van der Waals surface area contributed by atoms with E-state index in [2.05, 4.69) is 19.2 Å². The number of anilines is 1. The summed E-state index contributed by atoms with van der Waals surface area (Å²) in [6.07, 6.45) is -0.161. The minimum Gasteiger partial charge on any atom is -0.478 e. The van der Waals surface area contributed by atoms with E-state index in [0.29, 0.717) is 30.2 Å². The van der Waals surface area contributed by atoms with Crippen LogP contribution in [0.25, 0.3) is 0 Å². The Hall–Kier alpha value is -2.82. The molecule has 1 aliphatic heterocycles. The highest BCUT2D eigenvalue weighted by Crippen LogP contribution is 2.33. The Labute approximate surface area is 154 Å². The molecule has 2 aromatic rings. The second-order valence-electron chi connectivity index (χ2n) is 6.79. The van der Waals surface area contributed by atoms with E-state index in [1.165, 1.54) is 5.56 Å². The molecular formula is C21H24N2O3. The highest BCUT2D eigenvalue weighted by molar-refractivity contribution is 5.99. The molecule has 3 rings (SSSR count). The van der Waals surface area contributed by atoms with Crippen LogP contribution in [0.5, 0.6) is 5.75 Å². The van der Waals surface area contributed by atoms with Crippen molar-refractivity contribution in [2.24, 2.45) is 0 Å². The van der Waals surface area contributed by atoms with Crippen LogP contribution < -0.4 is 15.0 Å². The summed E-state index contributed by atoms with van der Waals surface area (Å²) < 4.78 is 5.80. The molecule has 2 amide bonds. The third kappa shape index (κ3) is 3.72. The predicted molar refractivity (Wildman–Crippen MR) is 102 cm³/mol. The van der Waals surface area contributed by atoms with E-state index in [1.807, 2.05) is 48.5 Å². The smallest absolute Gasteiger partial charge is 0.267 e. The summed E-state index contributed by atoms with van der Waals surface area (Å²) >= 11 is 0. The number of hydrogen-bond acceptors (Lipinski definition) is 3. The number of nitrogens with one attached hydrogen (secondary N) is 1. The number of benzene rings is 2. The first-order valence-corrected chi connectivity index (χ1v) is 8.89. The van der Waals surface area contributed by atoms with Crippen LogP contribution in [0.15, 0.2) is 48.5 Å². The van der Waals surface area contributed by atoms with Crippen LogP contribution in [0.1, 0.15) is 42.1 Å². The maximum absolute atomic E-state index is 12.4. The molecule has 1 unspecified atom stereocenters. The Balaban J connectivity index is 1.56. The van der Waals surface area contributed by atoms with E-state index < -0.39 is 6.10 Å². The quantitative estimate of drug-likeness (QED) is 0.898. The molecule has 0 bridgehead atoms. The average Bonchev–Trinajstić information content (AvgIpc) is 2.65. The maximum Gasteiger partial charge on any atom is 0.267 e. The van der Waals surface area contributed by atoms with Crippen LogP contribution in [-0.4, -0.2) is 31.5 Å². The standard InChI is InChI=1S/C21H24N2O3/c1-14(2)15-8-10-16(11-9-15)20(24)22-13-12-19-21(25)23(3)17-6-4-5-7-18(17)26-19/h4-11,14,19H,12-13H2,1-3H3,(H,22,24). The van der Waals surface area contributed by atoms with E-state index in [4.69, 9.17) is 4.74 Å². The van der Waals surface area contributed by atoms with Gasteiger partial charge in [0.25, 0.3) is 11.8 Å². The van der Waals surface area contributed by atoms with Crippen LogP contribution in [0.3, 0.4) is 0 Å². The van der Waals surface area contributed by atoms with Gasteiger partial charge in [-0.2, -0.15) is 0 Å². The van der Waals surface area contributed by atoms with Gasteiger partial charge in [-0.1, -0.05) is 38.1 Å². The van der Waals surface area contributed by atoms with Crippen LogP contribution in [0.2, 0.25) is 0 Å². The molecule has 5 nitrogen and oxygen atoms in total. The van der Waals surface area contributed by atoms with Gasteiger partial charge in [-0.25, -0.2) is 0 Å². The predicted octanol–water partition coefficient (Wildman–Crippen LogP) is 3.35. The van der Waals surface area contributed by atoms with Crippen LogP contribution >= 0.6 is 0 Å². The molecule has 0 aliphatic carbocycles. The Morgan fingerprint density at radius 2 is 1.85 bits per heavy atom. The Kier molecular flexibility index (Phi) is 5.26. The maximum atomic E-state index is 12.4. The number of hydrogen-bond donors (Lipinski definition) is 1. The minimum atomic E-state index is -0.585. The lowest BCUT2D eigenvalue weighted by Crippen LogP contribution is -2.45. The summed E-state index contributed by atoms with van der Waals surface area (Å²) in [6, 6.07) is 15.1. The van der Waals surface area contributed by atoms with Gasteiger partial charge in [-0.05, 0) is 35.7 Å². The molecule has 1 N–H and O–H groups in total. The summed E-state index contributed by atoms with van der Waals surface area (Å²) in [7, 11) is 1.74. The Bertz CT molecular complexity index is 799. The first-order chi connectivity index (χ1) is 12.5. The topological polar surface area (TPSA) is 58.6 Å². The van der Waals surface area contributed by atoms with Crippen LogP contribution in [-0.2, 0) is 4.79 Å². The summed E-state index contributed by atoms with van der Waals surface area (Å²) in [5, 5.41) is 2.86. The molecule has 0 saturated carbocycles. The number of fused-ring (bicyclic) bond motifs is 1. The second kappa shape index (κ2) is 7.60. The third-order valence-electron chi connectivity index (χ3n) is 4.63. The molecule has 0 aromatic heterocycles. The second-order valence-corrected chi connectivity index (χ2v) is 6.79. The number of amides is 2. The van der Waals surface area contributed by atoms with E-state index in [1.54, 1.807) is 11.9 Å². The van der Waals surface area contributed by atoms with Gasteiger partial charge in [0.05, 0.1) is 5.69 Å². The molecule has 0 spiro atoms. The first-order valence-electron chi connectivity index (χ1n) is 8.89. The average molecular weight is 352 g/mol.